The normalized spacial score (nSPS) is 11.4. The highest BCUT2D eigenvalue weighted by atomic mass is 19.4. The van der Waals surface area contributed by atoms with Gasteiger partial charge in [-0.3, -0.25) is 0 Å². The monoisotopic (exact) mass is 257 g/mol. The van der Waals surface area contributed by atoms with Crippen LogP contribution in [0.3, 0.4) is 0 Å². The van der Waals surface area contributed by atoms with E-state index >= 15 is 0 Å². The van der Waals surface area contributed by atoms with Gasteiger partial charge in [-0.1, -0.05) is 13.8 Å². The van der Waals surface area contributed by atoms with Gasteiger partial charge in [-0.15, -0.1) is 0 Å². The van der Waals surface area contributed by atoms with Gasteiger partial charge in [-0.2, -0.15) is 18.4 Å². The molecule has 0 spiro atoms. The lowest BCUT2D eigenvalue weighted by atomic mass is 10.1. The number of hydrogen-bond donors (Lipinski definition) is 0. The van der Waals surface area contributed by atoms with E-state index in [9.17, 15) is 13.2 Å². The lowest BCUT2D eigenvalue weighted by molar-refractivity contribution is -0.137. The Morgan fingerprint density at radius 2 is 2.00 bits per heavy atom. The lowest BCUT2D eigenvalue weighted by Gasteiger charge is -2.12. The molecule has 0 aliphatic heterocycles. The molecule has 0 saturated heterocycles. The van der Waals surface area contributed by atoms with Crippen molar-refractivity contribution >= 4 is 0 Å². The number of alkyl halides is 3. The maximum atomic E-state index is 12.4. The van der Waals surface area contributed by atoms with Gasteiger partial charge in [0.25, 0.3) is 0 Å². The van der Waals surface area contributed by atoms with E-state index in [1.54, 1.807) is 6.07 Å². The van der Waals surface area contributed by atoms with Crippen LogP contribution in [0.4, 0.5) is 13.2 Å². The molecule has 0 N–H and O–H groups in total. The van der Waals surface area contributed by atoms with Crippen LogP contribution < -0.4 is 4.74 Å². The van der Waals surface area contributed by atoms with E-state index in [0.717, 1.165) is 18.6 Å². The molecule has 0 saturated carbocycles. The summed E-state index contributed by atoms with van der Waals surface area (Å²) in [6.07, 6.45) is -3.66. The third kappa shape index (κ3) is 3.95. The summed E-state index contributed by atoms with van der Waals surface area (Å²) in [6, 6.07) is 4.65. The third-order valence-electron chi connectivity index (χ3n) is 2.38. The minimum absolute atomic E-state index is 0.0893. The van der Waals surface area contributed by atoms with Gasteiger partial charge in [0, 0.05) is 0 Å². The Morgan fingerprint density at radius 1 is 1.33 bits per heavy atom. The van der Waals surface area contributed by atoms with Gasteiger partial charge in [-0.05, 0) is 30.5 Å². The molecule has 18 heavy (non-hydrogen) atoms. The number of benzene rings is 1. The first-order chi connectivity index (χ1) is 8.34. The minimum Gasteiger partial charge on any atom is -0.492 e. The van der Waals surface area contributed by atoms with E-state index in [1.165, 1.54) is 6.07 Å². The number of halogens is 3. The van der Waals surface area contributed by atoms with Gasteiger partial charge in [0.05, 0.1) is 17.7 Å². The van der Waals surface area contributed by atoms with Crippen molar-refractivity contribution in [3.63, 3.8) is 0 Å². The maximum Gasteiger partial charge on any atom is 0.416 e. The molecule has 0 fully saturated rings. The Morgan fingerprint density at radius 3 is 2.50 bits per heavy atom. The third-order valence-corrected chi connectivity index (χ3v) is 2.38. The Balaban J connectivity index is 2.85. The molecule has 0 heterocycles. The van der Waals surface area contributed by atoms with Crippen molar-refractivity contribution < 1.29 is 17.9 Å². The molecule has 2 nitrogen and oxygen atoms in total. The van der Waals surface area contributed by atoms with Crippen LogP contribution in [0.25, 0.3) is 0 Å². The van der Waals surface area contributed by atoms with Gasteiger partial charge >= 0.3 is 6.18 Å². The van der Waals surface area contributed by atoms with Gasteiger partial charge in [0.2, 0.25) is 0 Å². The first kappa shape index (κ1) is 14.4. The largest absolute Gasteiger partial charge is 0.492 e. The van der Waals surface area contributed by atoms with Crippen molar-refractivity contribution in [3.8, 4) is 11.8 Å². The van der Waals surface area contributed by atoms with Crippen molar-refractivity contribution in [1.29, 1.82) is 5.26 Å². The summed E-state index contributed by atoms with van der Waals surface area (Å²) in [6.45, 7) is 4.42. The van der Waals surface area contributed by atoms with E-state index in [4.69, 9.17) is 10.00 Å². The van der Waals surface area contributed by atoms with Crippen LogP contribution in [0.5, 0.6) is 5.75 Å². The zero-order valence-corrected chi connectivity index (χ0v) is 10.2. The Kier molecular flexibility index (Phi) is 4.60. The quantitative estimate of drug-likeness (QED) is 0.816. The van der Waals surface area contributed by atoms with Crippen LogP contribution in [0.2, 0.25) is 0 Å². The molecule has 0 aromatic heterocycles. The van der Waals surface area contributed by atoms with Gasteiger partial charge in [0.1, 0.15) is 11.8 Å². The maximum absolute atomic E-state index is 12.4. The molecular weight excluding hydrogens is 243 g/mol. The molecule has 0 unspecified atom stereocenters. The molecule has 0 bridgehead atoms. The summed E-state index contributed by atoms with van der Waals surface area (Å²) < 4.78 is 42.6. The molecule has 0 aliphatic carbocycles. The van der Waals surface area contributed by atoms with Gasteiger partial charge in [-0.25, -0.2) is 0 Å². The predicted molar refractivity (Wildman–Crippen MR) is 61.1 cm³/mol. The van der Waals surface area contributed by atoms with Gasteiger partial charge in [0.15, 0.2) is 0 Å². The first-order valence-corrected chi connectivity index (χ1v) is 5.58. The molecule has 1 rings (SSSR count). The molecule has 1 aromatic rings. The zero-order chi connectivity index (χ0) is 13.8. The van der Waals surface area contributed by atoms with E-state index in [1.807, 2.05) is 13.8 Å². The van der Waals surface area contributed by atoms with Crippen LogP contribution in [-0.4, -0.2) is 6.61 Å². The summed E-state index contributed by atoms with van der Waals surface area (Å²) in [7, 11) is 0. The fourth-order valence-corrected chi connectivity index (χ4v) is 1.32. The number of rotatable bonds is 4. The van der Waals surface area contributed by atoms with Crippen molar-refractivity contribution in [3.05, 3.63) is 29.3 Å². The Labute approximate surface area is 104 Å². The molecule has 98 valence electrons. The average Bonchev–Trinajstić information content (AvgIpc) is 2.27. The fraction of sp³-hybridized carbons (Fsp3) is 0.462. The summed E-state index contributed by atoms with van der Waals surface area (Å²) >= 11 is 0. The molecular formula is C13H14F3NO. The second-order valence-electron chi connectivity index (χ2n) is 4.35. The molecule has 5 heteroatoms. The molecule has 0 aliphatic rings. The average molecular weight is 257 g/mol. The summed E-state index contributed by atoms with van der Waals surface area (Å²) in [5.41, 5.74) is -0.927. The molecule has 0 atom stereocenters. The van der Waals surface area contributed by atoms with Gasteiger partial charge < -0.3 is 4.74 Å². The van der Waals surface area contributed by atoms with Crippen molar-refractivity contribution in [2.75, 3.05) is 6.61 Å². The van der Waals surface area contributed by atoms with Crippen molar-refractivity contribution in [2.24, 2.45) is 5.92 Å². The van der Waals surface area contributed by atoms with Crippen LogP contribution in [0.15, 0.2) is 18.2 Å². The smallest absolute Gasteiger partial charge is 0.416 e. The highest BCUT2D eigenvalue weighted by Crippen LogP contribution is 2.32. The second-order valence-corrected chi connectivity index (χ2v) is 4.35. The predicted octanol–water partition coefficient (Wildman–Crippen LogP) is 4.00. The SMILES string of the molecule is CC(C)CCOc1ccc(C(F)(F)F)cc1C#N. The fourth-order valence-electron chi connectivity index (χ4n) is 1.32. The second kappa shape index (κ2) is 5.76. The summed E-state index contributed by atoms with van der Waals surface area (Å²) in [4.78, 5) is 0. The van der Waals surface area contributed by atoms with E-state index in [-0.39, 0.29) is 11.3 Å². The molecule has 0 radical (unpaired) electrons. The first-order valence-electron chi connectivity index (χ1n) is 5.58. The standard InChI is InChI=1S/C13H14F3NO/c1-9(2)5-6-18-12-4-3-11(13(14,15)16)7-10(12)8-17/h3-4,7,9H,5-6H2,1-2H3. The Bertz CT molecular complexity index is 447. The number of ether oxygens (including phenoxy) is 1. The van der Waals surface area contributed by atoms with E-state index < -0.39 is 11.7 Å². The van der Waals surface area contributed by atoms with Crippen LogP contribution >= 0.6 is 0 Å². The number of nitriles is 1. The van der Waals surface area contributed by atoms with Crippen LogP contribution in [0.1, 0.15) is 31.4 Å². The van der Waals surface area contributed by atoms with Crippen molar-refractivity contribution in [2.45, 2.75) is 26.4 Å². The summed E-state index contributed by atoms with van der Waals surface area (Å²) in [5.74, 6) is 0.635. The summed E-state index contributed by atoms with van der Waals surface area (Å²) in [5, 5.41) is 8.82. The highest BCUT2D eigenvalue weighted by Gasteiger charge is 2.31. The highest BCUT2D eigenvalue weighted by molar-refractivity contribution is 5.46. The van der Waals surface area contributed by atoms with E-state index in [0.29, 0.717) is 12.5 Å². The van der Waals surface area contributed by atoms with Crippen molar-refractivity contribution in [1.82, 2.24) is 0 Å². The number of nitrogens with zero attached hydrogens (tertiary/aromatic N) is 1. The number of hydrogen-bond acceptors (Lipinski definition) is 2. The van der Waals surface area contributed by atoms with Crippen LogP contribution in [-0.2, 0) is 6.18 Å². The Hall–Kier alpha value is -1.70. The molecule has 1 aromatic carbocycles. The van der Waals surface area contributed by atoms with Crippen LogP contribution in [0, 0.1) is 17.2 Å². The zero-order valence-electron chi connectivity index (χ0n) is 10.2. The topological polar surface area (TPSA) is 33.0 Å². The minimum atomic E-state index is -4.44. The van der Waals surface area contributed by atoms with E-state index in [2.05, 4.69) is 0 Å². The molecule has 0 amide bonds. The lowest BCUT2D eigenvalue weighted by Crippen LogP contribution is -2.07.